The molecule has 0 spiro atoms. The Morgan fingerprint density at radius 2 is 0.966 bits per heavy atom. The smallest absolute Gasteiger partial charge is 0.380 e. The molecule has 0 aromatic rings. The molecule has 0 heterocycles. The zero-order valence-electron chi connectivity index (χ0n) is 20.3. The van der Waals surface area contributed by atoms with Crippen LogP contribution in [0.5, 0.6) is 0 Å². The number of hydrogen-bond acceptors (Lipinski definition) is 6. The fraction of sp³-hybridized carbons (Fsp3) is 1.00. The fourth-order valence-corrected chi connectivity index (χ4v) is 5.40. The van der Waals surface area contributed by atoms with Crippen LogP contribution in [0.25, 0.3) is 0 Å². The maximum absolute atomic E-state index is 5.47. The van der Waals surface area contributed by atoms with Crippen LogP contribution in [0.1, 0.15) is 71.6 Å². The second kappa shape index (κ2) is 18.7. The van der Waals surface area contributed by atoms with E-state index in [1.807, 2.05) is 0 Å². The van der Waals surface area contributed by atoms with Crippen molar-refractivity contribution in [3.63, 3.8) is 0 Å². The summed E-state index contributed by atoms with van der Waals surface area (Å²) in [4.78, 5) is 2.48. The fourth-order valence-electron chi connectivity index (χ4n) is 3.60. The predicted molar refractivity (Wildman–Crippen MR) is 123 cm³/mol. The second-order valence-electron chi connectivity index (χ2n) is 8.08. The molecule has 176 valence electrons. The van der Waals surface area contributed by atoms with E-state index in [9.17, 15) is 0 Å². The molecule has 7 heteroatoms. The van der Waals surface area contributed by atoms with E-state index in [-0.39, 0.29) is 12.2 Å². The summed E-state index contributed by atoms with van der Waals surface area (Å²) >= 11 is 0. The molecule has 0 rings (SSSR count). The van der Waals surface area contributed by atoms with Gasteiger partial charge >= 0.3 is 8.80 Å². The minimum Gasteiger partial charge on any atom is -0.380 e. The molecule has 0 bridgehead atoms. The van der Waals surface area contributed by atoms with Gasteiger partial charge in [0.15, 0.2) is 0 Å². The van der Waals surface area contributed by atoms with Crippen LogP contribution in [0.4, 0.5) is 0 Å². The molecule has 0 aliphatic carbocycles. The van der Waals surface area contributed by atoms with Gasteiger partial charge in [-0.25, -0.2) is 0 Å². The van der Waals surface area contributed by atoms with Crippen LogP contribution in [0.3, 0.4) is 0 Å². The molecule has 2 atom stereocenters. The van der Waals surface area contributed by atoms with Gasteiger partial charge in [0.25, 0.3) is 0 Å². The third-order valence-electron chi connectivity index (χ3n) is 5.73. The van der Waals surface area contributed by atoms with Gasteiger partial charge in [-0.05, 0) is 33.2 Å². The summed E-state index contributed by atoms with van der Waals surface area (Å²) in [5, 5.41) is 0. The predicted octanol–water partition coefficient (Wildman–Crippen LogP) is 4.75. The third-order valence-corrected chi connectivity index (χ3v) is 8.56. The van der Waals surface area contributed by atoms with Gasteiger partial charge in [-0.2, -0.15) is 0 Å². The molecule has 0 amide bonds. The summed E-state index contributed by atoms with van der Waals surface area (Å²) in [5.74, 6) is 0. The lowest BCUT2D eigenvalue weighted by atomic mass is 10.1. The van der Waals surface area contributed by atoms with Crippen LogP contribution in [0.15, 0.2) is 0 Å². The Hall–Kier alpha value is -0.0231. The lowest BCUT2D eigenvalue weighted by molar-refractivity contribution is 0.0393. The lowest BCUT2D eigenvalue weighted by Gasteiger charge is -2.27. The van der Waals surface area contributed by atoms with Crippen LogP contribution in [0, 0.1) is 0 Å². The maximum atomic E-state index is 5.47. The Morgan fingerprint density at radius 1 is 0.586 bits per heavy atom. The van der Waals surface area contributed by atoms with Crippen LogP contribution in [-0.4, -0.2) is 81.1 Å². The van der Waals surface area contributed by atoms with Gasteiger partial charge in [0, 0.05) is 54.7 Å². The molecule has 0 fully saturated rings. The molecule has 0 N–H and O–H groups in total. The van der Waals surface area contributed by atoms with Crippen molar-refractivity contribution in [2.45, 2.75) is 89.9 Å². The molecule has 0 aliphatic heterocycles. The van der Waals surface area contributed by atoms with Gasteiger partial charge in [-0.3, -0.25) is 4.90 Å². The molecule has 2 unspecified atom stereocenters. The number of ether oxygens (including phenoxy) is 2. The number of hydrogen-bond donors (Lipinski definition) is 0. The van der Waals surface area contributed by atoms with E-state index >= 15 is 0 Å². The largest absolute Gasteiger partial charge is 0.500 e. The minimum absolute atomic E-state index is 0.267. The molecule has 6 nitrogen and oxygen atoms in total. The number of methoxy groups -OCH3 is 2. The first-order valence-electron chi connectivity index (χ1n) is 11.4. The van der Waals surface area contributed by atoms with E-state index in [4.69, 9.17) is 22.8 Å². The van der Waals surface area contributed by atoms with Crippen molar-refractivity contribution in [2.75, 3.05) is 55.2 Å². The van der Waals surface area contributed by atoms with Gasteiger partial charge in [-0.15, -0.1) is 0 Å². The van der Waals surface area contributed by atoms with Gasteiger partial charge in [0.05, 0.1) is 12.2 Å². The standard InChI is InChI=1S/C22H49NO5Si/c1-21(24-3)19-23(20-22(2)25-4)17-15-13-11-9-8-10-12-14-16-18-29(26-5,27-6)28-7/h21-22H,8-20H2,1-7H3. The molecule has 0 saturated heterocycles. The van der Waals surface area contributed by atoms with Crippen LogP contribution in [0.2, 0.25) is 6.04 Å². The van der Waals surface area contributed by atoms with Crippen molar-refractivity contribution >= 4 is 8.80 Å². The first-order valence-corrected chi connectivity index (χ1v) is 13.3. The Labute approximate surface area is 181 Å². The van der Waals surface area contributed by atoms with Gasteiger partial charge in [-0.1, -0.05) is 44.9 Å². The van der Waals surface area contributed by atoms with Crippen LogP contribution < -0.4 is 0 Å². The second-order valence-corrected chi connectivity index (χ2v) is 11.2. The van der Waals surface area contributed by atoms with Crippen molar-refractivity contribution in [2.24, 2.45) is 0 Å². The highest BCUT2D eigenvalue weighted by atomic mass is 28.4. The van der Waals surface area contributed by atoms with Crippen molar-refractivity contribution in [3.8, 4) is 0 Å². The van der Waals surface area contributed by atoms with Crippen LogP contribution in [-0.2, 0) is 22.8 Å². The normalized spacial score (nSPS) is 14.5. The van der Waals surface area contributed by atoms with Gasteiger partial charge < -0.3 is 22.8 Å². The van der Waals surface area contributed by atoms with E-state index in [0.717, 1.165) is 32.1 Å². The highest BCUT2D eigenvalue weighted by molar-refractivity contribution is 6.60. The average molecular weight is 436 g/mol. The SMILES string of the molecule is COC(C)CN(CCCCCCCCCCC[Si](OC)(OC)OC)CC(C)OC. The topological polar surface area (TPSA) is 49.4 Å². The van der Waals surface area contributed by atoms with Gasteiger partial charge in [0.1, 0.15) is 0 Å². The first kappa shape index (κ1) is 29.0. The molecule has 0 radical (unpaired) electrons. The van der Waals surface area contributed by atoms with E-state index < -0.39 is 8.80 Å². The zero-order chi connectivity index (χ0) is 22.0. The molecular formula is C22H49NO5Si. The summed E-state index contributed by atoms with van der Waals surface area (Å²) in [6.45, 7) is 7.34. The van der Waals surface area contributed by atoms with Crippen LogP contribution >= 0.6 is 0 Å². The first-order chi connectivity index (χ1) is 14.0. The summed E-state index contributed by atoms with van der Waals surface area (Å²) < 4.78 is 27.3. The Balaban J connectivity index is 3.72. The summed E-state index contributed by atoms with van der Waals surface area (Å²) in [6.07, 6.45) is 12.1. The Bertz CT molecular complexity index is 338. The highest BCUT2D eigenvalue weighted by Gasteiger charge is 2.36. The Kier molecular flexibility index (Phi) is 18.7. The number of rotatable bonds is 21. The maximum Gasteiger partial charge on any atom is 0.500 e. The molecule has 0 aromatic carbocycles. The Morgan fingerprint density at radius 3 is 1.34 bits per heavy atom. The molecule has 29 heavy (non-hydrogen) atoms. The van der Waals surface area contributed by atoms with Crippen molar-refractivity contribution in [1.29, 1.82) is 0 Å². The lowest BCUT2D eigenvalue weighted by Crippen LogP contribution is -2.42. The quantitative estimate of drug-likeness (QED) is 0.192. The molecule has 0 aliphatic rings. The van der Waals surface area contributed by atoms with Crippen molar-refractivity contribution < 1.29 is 22.8 Å². The minimum atomic E-state index is -2.36. The van der Waals surface area contributed by atoms with E-state index in [1.54, 1.807) is 35.5 Å². The van der Waals surface area contributed by atoms with E-state index in [0.29, 0.717) is 0 Å². The van der Waals surface area contributed by atoms with E-state index in [2.05, 4.69) is 18.7 Å². The highest BCUT2D eigenvalue weighted by Crippen LogP contribution is 2.18. The number of nitrogens with zero attached hydrogens (tertiary/aromatic N) is 1. The monoisotopic (exact) mass is 435 g/mol. The molecule has 0 aromatic heterocycles. The van der Waals surface area contributed by atoms with Crippen molar-refractivity contribution in [1.82, 2.24) is 4.90 Å². The third kappa shape index (κ3) is 14.6. The van der Waals surface area contributed by atoms with E-state index in [1.165, 1.54) is 51.4 Å². The number of unbranched alkanes of at least 4 members (excludes halogenated alkanes) is 8. The molecular weight excluding hydrogens is 386 g/mol. The molecule has 0 saturated carbocycles. The zero-order valence-corrected chi connectivity index (χ0v) is 21.3. The summed E-state index contributed by atoms with van der Waals surface area (Å²) in [5.41, 5.74) is 0. The summed E-state index contributed by atoms with van der Waals surface area (Å²) in [6, 6.07) is 0.913. The van der Waals surface area contributed by atoms with Crippen molar-refractivity contribution in [3.05, 3.63) is 0 Å². The average Bonchev–Trinajstić information content (AvgIpc) is 2.74. The van der Waals surface area contributed by atoms with Gasteiger partial charge in [0.2, 0.25) is 0 Å². The summed E-state index contributed by atoms with van der Waals surface area (Å²) in [7, 11) is 6.28.